The Morgan fingerprint density at radius 2 is 1.54 bits per heavy atom. The summed E-state index contributed by atoms with van der Waals surface area (Å²) >= 11 is 0. The third-order valence-electron chi connectivity index (χ3n) is 11.7. The van der Waals surface area contributed by atoms with Crippen molar-refractivity contribution in [2.24, 2.45) is 28.6 Å². The molecule has 4 fully saturated rings. The van der Waals surface area contributed by atoms with E-state index in [9.17, 15) is 39.0 Å². The Labute approximate surface area is 278 Å². The van der Waals surface area contributed by atoms with E-state index in [4.69, 9.17) is 28.4 Å². The van der Waals surface area contributed by atoms with E-state index in [0.29, 0.717) is 25.7 Å². The largest absolute Gasteiger partial charge is 0.467 e. The number of methoxy groups -OCH3 is 1. The molecule has 2 N–H and O–H groups in total. The Balaban J connectivity index is 1.39. The van der Waals surface area contributed by atoms with Gasteiger partial charge in [-0.15, -0.1) is 0 Å². The molecule has 4 aliphatic carbocycles. The summed E-state index contributed by atoms with van der Waals surface area (Å²) < 4.78 is 32.4. The van der Waals surface area contributed by atoms with Crippen molar-refractivity contribution in [3.8, 4) is 0 Å². The number of carbonyl (C=O) groups excluding carboxylic acids is 6. The van der Waals surface area contributed by atoms with Gasteiger partial charge in [0.15, 0.2) is 42.3 Å². The summed E-state index contributed by atoms with van der Waals surface area (Å²) in [6, 6.07) is 0. The number of fused-ring (bicyclic) bond motifs is 5. The van der Waals surface area contributed by atoms with Crippen LogP contribution in [0.3, 0.4) is 0 Å². The molecular formula is C34H46O14. The summed E-state index contributed by atoms with van der Waals surface area (Å²) in [6.45, 7) is 6.38. The van der Waals surface area contributed by atoms with Crippen LogP contribution in [-0.4, -0.2) is 102 Å². The maximum Gasteiger partial charge on any atom is 0.339 e. The maximum atomic E-state index is 14.0. The average molecular weight is 679 g/mol. The molecule has 5 aliphatic rings. The first-order chi connectivity index (χ1) is 22.5. The minimum Gasteiger partial charge on any atom is -0.467 e. The van der Waals surface area contributed by atoms with Crippen LogP contribution in [0.15, 0.2) is 11.6 Å². The van der Waals surface area contributed by atoms with Crippen LogP contribution in [0, 0.1) is 28.6 Å². The van der Waals surface area contributed by atoms with Gasteiger partial charge in [0, 0.05) is 32.6 Å². The molecule has 266 valence electrons. The first kappa shape index (κ1) is 36.1. The highest BCUT2D eigenvalue weighted by Crippen LogP contribution is 2.67. The molecule has 5 rings (SSSR count). The number of hydrogen-bond donors (Lipinski definition) is 2. The first-order valence-electron chi connectivity index (χ1n) is 16.5. The van der Waals surface area contributed by atoms with Crippen molar-refractivity contribution in [1.82, 2.24) is 0 Å². The smallest absolute Gasteiger partial charge is 0.339 e. The number of ether oxygens (including phenoxy) is 6. The molecule has 12 atom stereocenters. The number of rotatable bonds is 8. The van der Waals surface area contributed by atoms with Gasteiger partial charge in [0.05, 0.1) is 13.2 Å². The highest BCUT2D eigenvalue weighted by atomic mass is 16.7. The molecular weight excluding hydrogens is 632 g/mol. The van der Waals surface area contributed by atoms with E-state index >= 15 is 0 Å². The molecule has 14 heteroatoms. The van der Waals surface area contributed by atoms with Gasteiger partial charge in [-0.2, -0.15) is 0 Å². The van der Waals surface area contributed by atoms with Crippen LogP contribution in [0.5, 0.6) is 0 Å². The molecule has 1 saturated heterocycles. The van der Waals surface area contributed by atoms with Crippen LogP contribution < -0.4 is 0 Å². The lowest BCUT2D eigenvalue weighted by atomic mass is 9.45. The second-order valence-electron chi connectivity index (χ2n) is 14.4. The highest BCUT2D eigenvalue weighted by Gasteiger charge is 2.68. The number of esters is 4. The quantitative estimate of drug-likeness (QED) is 0.277. The van der Waals surface area contributed by atoms with E-state index < -0.39 is 84.1 Å². The minimum absolute atomic E-state index is 0.0235. The number of carbonyl (C=O) groups is 6. The van der Waals surface area contributed by atoms with Gasteiger partial charge in [0.1, 0.15) is 12.2 Å². The molecule has 0 radical (unpaired) electrons. The van der Waals surface area contributed by atoms with Gasteiger partial charge < -0.3 is 38.6 Å². The fourth-order valence-corrected chi connectivity index (χ4v) is 9.64. The van der Waals surface area contributed by atoms with Gasteiger partial charge in [-0.1, -0.05) is 19.4 Å². The Kier molecular flexibility index (Phi) is 9.97. The number of aliphatic hydroxyl groups excluding tert-OH is 1. The zero-order valence-electron chi connectivity index (χ0n) is 28.2. The van der Waals surface area contributed by atoms with Gasteiger partial charge >= 0.3 is 23.9 Å². The predicted octanol–water partition coefficient (Wildman–Crippen LogP) is 1.50. The van der Waals surface area contributed by atoms with E-state index in [2.05, 4.69) is 6.92 Å². The lowest BCUT2D eigenvalue weighted by Gasteiger charge is -2.60. The number of allylic oxidation sites excluding steroid dienone is 1. The average Bonchev–Trinajstić information content (AvgIpc) is 3.27. The van der Waals surface area contributed by atoms with Gasteiger partial charge in [0.2, 0.25) is 0 Å². The molecule has 0 aromatic heterocycles. The molecule has 0 aromatic rings. The summed E-state index contributed by atoms with van der Waals surface area (Å²) in [6.07, 6.45) is -3.88. The molecule has 3 saturated carbocycles. The molecule has 14 nitrogen and oxygen atoms in total. The molecule has 0 bridgehead atoms. The molecule has 0 aromatic carbocycles. The summed E-state index contributed by atoms with van der Waals surface area (Å²) in [7, 11) is 1.06. The van der Waals surface area contributed by atoms with Crippen molar-refractivity contribution in [3.63, 3.8) is 0 Å². The second kappa shape index (κ2) is 13.3. The van der Waals surface area contributed by atoms with Crippen LogP contribution in [0.25, 0.3) is 0 Å². The number of aliphatic hydroxyl groups is 2. The molecule has 0 amide bonds. The van der Waals surface area contributed by atoms with Crippen LogP contribution >= 0.6 is 0 Å². The lowest BCUT2D eigenvalue weighted by Crippen LogP contribution is -2.64. The van der Waals surface area contributed by atoms with Crippen molar-refractivity contribution in [1.29, 1.82) is 0 Å². The third kappa shape index (κ3) is 6.09. The van der Waals surface area contributed by atoms with Gasteiger partial charge in [0.25, 0.3) is 0 Å². The molecule has 7 unspecified atom stereocenters. The topological polar surface area (TPSA) is 198 Å². The monoisotopic (exact) mass is 678 g/mol. The Morgan fingerprint density at radius 1 is 0.917 bits per heavy atom. The van der Waals surface area contributed by atoms with Crippen molar-refractivity contribution in [2.75, 3.05) is 13.7 Å². The summed E-state index contributed by atoms with van der Waals surface area (Å²) in [5.41, 5.74) is -2.17. The van der Waals surface area contributed by atoms with Crippen molar-refractivity contribution in [2.45, 2.75) is 122 Å². The predicted molar refractivity (Wildman–Crippen MR) is 161 cm³/mol. The normalized spacial score (nSPS) is 41.9. The van der Waals surface area contributed by atoms with Gasteiger partial charge in [-0.3, -0.25) is 24.0 Å². The van der Waals surface area contributed by atoms with Gasteiger partial charge in [-0.25, -0.2) is 4.79 Å². The van der Waals surface area contributed by atoms with E-state index in [0.717, 1.165) is 39.9 Å². The Morgan fingerprint density at radius 3 is 2.17 bits per heavy atom. The fraction of sp³-hybridized carbons (Fsp3) is 0.765. The van der Waals surface area contributed by atoms with E-state index in [1.807, 2.05) is 6.92 Å². The summed E-state index contributed by atoms with van der Waals surface area (Å²) in [5.74, 6) is -4.35. The van der Waals surface area contributed by atoms with E-state index in [1.165, 1.54) is 0 Å². The number of hydrogen-bond acceptors (Lipinski definition) is 14. The minimum atomic E-state index is -1.90. The second-order valence-corrected chi connectivity index (χ2v) is 14.4. The van der Waals surface area contributed by atoms with Crippen LogP contribution in [-0.2, 0) is 57.2 Å². The Hall–Kier alpha value is -3.20. The summed E-state index contributed by atoms with van der Waals surface area (Å²) in [5, 5.41) is 23.9. The zero-order valence-corrected chi connectivity index (χ0v) is 28.2. The molecule has 1 heterocycles. The Bertz CT molecular complexity index is 1390. The fourth-order valence-electron chi connectivity index (χ4n) is 9.64. The van der Waals surface area contributed by atoms with E-state index in [1.54, 1.807) is 6.08 Å². The van der Waals surface area contributed by atoms with Crippen LogP contribution in [0.4, 0.5) is 0 Å². The summed E-state index contributed by atoms with van der Waals surface area (Å²) in [4.78, 5) is 75.2. The maximum absolute atomic E-state index is 14.0. The number of Topliss-reactive ketones (excluding diaryl/α,β-unsaturated/α-hetero) is 1. The standard InChI is InChI=1S/C34H46O14/c1-16(35)45-26-27(46-17(2)36)29(47-18(3)37)31(48-28(26)30(41)43-6)44-15-24(40)34(42)12-10-22-21-8-7-19-13-20(38)9-11-32(19,4)25(21)23(39)14-33(22,34)5/h13,21-23,25-29,31,39,42H,7-12,14-15H2,1-6H3/t21?,22?,23?,25?,26-,27-,28?,29+,31+,32?,33?,34+/m1/s1. The van der Waals surface area contributed by atoms with E-state index in [-0.39, 0.29) is 41.8 Å². The van der Waals surface area contributed by atoms with Gasteiger partial charge in [-0.05, 0) is 67.8 Å². The van der Waals surface area contributed by atoms with Crippen molar-refractivity contribution >= 4 is 35.4 Å². The highest BCUT2D eigenvalue weighted by molar-refractivity contribution is 5.92. The van der Waals surface area contributed by atoms with Crippen molar-refractivity contribution < 1.29 is 67.4 Å². The molecule has 48 heavy (non-hydrogen) atoms. The molecule has 1 aliphatic heterocycles. The molecule has 0 spiro atoms. The van der Waals surface area contributed by atoms with Crippen LogP contribution in [0.2, 0.25) is 0 Å². The zero-order chi connectivity index (χ0) is 35.3. The number of ketones is 2. The first-order valence-corrected chi connectivity index (χ1v) is 16.5. The lowest BCUT2D eigenvalue weighted by molar-refractivity contribution is -0.300. The SMILES string of the molecule is COC(=O)C1O[C@H](OCC(=O)[C@@]2(O)CCC3C4CCC5=CC(=O)CCC5(C)C4C(O)CC32C)[C@@H](OC(C)=O)[C@H](OC(C)=O)[C@H]1OC(C)=O. The van der Waals surface area contributed by atoms with Crippen LogP contribution in [0.1, 0.15) is 79.6 Å². The van der Waals surface area contributed by atoms with Crippen molar-refractivity contribution in [3.05, 3.63) is 11.6 Å². The third-order valence-corrected chi connectivity index (χ3v) is 11.7.